The van der Waals surface area contributed by atoms with Gasteiger partial charge in [0.25, 0.3) is 0 Å². The van der Waals surface area contributed by atoms with Crippen molar-refractivity contribution in [2.45, 2.75) is 19.5 Å². The summed E-state index contributed by atoms with van der Waals surface area (Å²) in [7, 11) is 0. The molecule has 6 heteroatoms. The number of fused-ring (bicyclic) bond motifs is 1. The summed E-state index contributed by atoms with van der Waals surface area (Å²) >= 11 is 5.97. The Balaban J connectivity index is 1.70. The molecule has 0 spiro atoms. The molecule has 0 aliphatic rings. The number of carbonyl (C=O) groups excluding carboxylic acids is 1. The maximum atomic E-state index is 12.2. The standard InChI is InChI=1S/C16H15ClN4O/c1-11(12-5-4-6-13(17)9-12)18-16(22)10-21-15-8-3-2-7-14(15)19-20-21/h2-9,11H,10H2,1H3,(H,18,22). The van der Waals surface area contributed by atoms with E-state index in [1.54, 1.807) is 10.7 Å². The van der Waals surface area contributed by atoms with Gasteiger partial charge >= 0.3 is 0 Å². The van der Waals surface area contributed by atoms with E-state index >= 15 is 0 Å². The number of nitrogens with zero attached hydrogens (tertiary/aromatic N) is 3. The summed E-state index contributed by atoms with van der Waals surface area (Å²) in [6.45, 7) is 2.05. The van der Waals surface area contributed by atoms with Crippen LogP contribution in [0.2, 0.25) is 5.02 Å². The summed E-state index contributed by atoms with van der Waals surface area (Å²) in [5, 5.41) is 11.6. The van der Waals surface area contributed by atoms with Crippen molar-refractivity contribution in [3.8, 4) is 0 Å². The first kappa shape index (κ1) is 14.5. The Morgan fingerprint density at radius 1 is 1.27 bits per heavy atom. The lowest BCUT2D eigenvalue weighted by Crippen LogP contribution is -2.30. The van der Waals surface area contributed by atoms with Gasteiger partial charge in [-0.15, -0.1) is 5.10 Å². The van der Waals surface area contributed by atoms with Crippen LogP contribution in [0.5, 0.6) is 0 Å². The van der Waals surface area contributed by atoms with Gasteiger partial charge in [-0.3, -0.25) is 4.79 Å². The van der Waals surface area contributed by atoms with Crippen molar-refractivity contribution in [2.24, 2.45) is 0 Å². The molecule has 0 fully saturated rings. The van der Waals surface area contributed by atoms with Crippen LogP contribution in [0.1, 0.15) is 18.5 Å². The maximum Gasteiger partial charge on any atom is 0.242 e. The highest BCUT2D eigenvalue weighted by Gasteiger charge is 2.12. The summed E-state index contributed by atoms with van der Waals surface area (Å²) in [5.41, 5.74) is 2.58. The molecule has 0 bridgehead atoms. The van der Waals surface area contributed by atoms with Crippen molar-refractivity contribution in [1.82, 2.24) is 20.3 Å². The zero-order valence-corrected chi connectivity index (χ0v) is 12.8. The van der Waals surface area contributed by atoms with Crippen molar-refractivity contribution < 1.29 is 4.79 Å². The summed E-state index contributed by atoms with van der Waals surface area (Å²) in [6.07, 6.45) is 0. The molecule has 0 radical (unpaired) electrons. The third kappa shape index (κ3) is 3.09. The molecule has 1 amide bonds. The van der Waals surface area contributed by atoms with Gasteiger partial charge in [0.05, 0.1) is 11.6 Å². The third-order valence-electron chi connectivity index (χ3n) is 3.44. The van der Waals surface area contributed by atoms with Crippen LogP contribution in [0.25, 0.3) is 11.0 Å². The Kier molecular flexibility index (Phi) is 4.06. The Morgan fingerprint density at radius 3 is 2.91 bits per heavy atom. The number of rotatable bonds is 4. The number of amides is 1. The second-order valence-corrected chi connectivity index (χ2v) is 5.52. The van der Waals surface area contributed by atoms with Crippen molar-refractivity contribution in [2.75, 3.05) is 0 Å². The fourth-order valence-corrected chi connectivity index (χ4v) is 2.52. The van der Waals surface area contributed by atoms with Crippen LogP contribution in [0, 0.1) is 0 Å². The van der Waals surface area contributed by atoms with Crippen molar-refractivity contribution in [3.63, 3.8) is 0 Å². The molecule has 2 aromatic carbocycles. The van der Waals surface area contributed by atoms with Crippen LogP contribution in [0.4, 0.5) is 0 Å². The minimum Gasteiger partial charge on any atom is -0.348 e. The first-order valence-corrected chi connectivity index (χ1v) is 7.34. The molecule has 3 rings (SSSR count). The highest BCUT2D eigenvalue weighted by atomic mass is 35.5. The summed E-state index contributed by atoms with van der Waals surface area (Å²) in [4.78, 5) is 12.2. The molecule has 1 aromatic heterocycles. The lowest BCUT2D eigenvalue weighted by atomic mass is 10.1. The van der Waals surface area contributed by atoms with Gasteiger partial charge < -0.3 is 5.32 Å². The molecule has 0 saturated heterocycles. The predicted octanol–water partition coefficient (Wildman–Crippen LogP) is 2.96. The van der Waals surface area contributed by atoms with E-state index in [1.807, 2.05) is 49.4 Å². The van der Waals surface area contributed by atoms with Gasteiger partial charge in [-0.2, -0.15) is 0 Å². The second kappa shape index (κ2) is 6.15. The molecule has 0 aliphatic carbocycles. The molecule has 5 nitrogen and oxygen atoms in total. The summed E-state index contributed by atoms with van der Waals surface area (Å²) in [5.74, 6) is -0.122. The molecule has 1 atom stereocenters. The van der Waals surface area contributed by atoms with Crippen molar-refractivity contribution >= 4 is 28.5 Å². The molecular weight excluding hydrogens is 300 g/mol. The maximum absolute atomic E-state index is 12.2. The Morgan fingerprint density at radius 2 is 2.09 bits per heavy atom. The molecule has 1 heterocycles. The number of aromatic nitrogens is 3. The smallest absolute Gasteiger partial charge is 0.242 e. The van der Waals surface area contributed by atoms with Gasteiger partial charge in [-0.1, -0.05) is 41.1 Å². The summed E-state index contributed by atoms with van der Waals surface area (Å²) < 4.78 is 1.59. The van der Waals surface area contributed by atoms with Crippen LogP contribution >= 0.6 is 11.6 Å². The first-order valence-electron chi connectivity index (χ1n) is 6.96. The average Bonchev–Trinajstić information content (AvgIpc) is 2.90. The zero-order chi connectivity index (χ0) is 15.5. The molecular formula is C16H15ClN4O. The van der Waals surface area contributed by atoms with Gasteiger partial charge in [0, 0.05) is 5.02 Å². The number of nitrogens with one attached hydrogen (secondary N) is 1. The Labute approximate surface area is 132 Å². The molecule has 1 unspecified atom stereocenters. The minimum absolute atomic E-state index is 0.122. The number of para-hydroxylation sites is 1. The fourth-order valence-electron chi connectivity index (χ4n) is 2.32. The molecule has 0 aliphatic heterocycles. The molecule has 1 N–H and O–H groups in total. The molecule has 0 saturated carbocycles. The lowest BCUT2D eigenvalue weighted by Gasteiger charge is -2.14. The number of hydrogen-bond acceptors (Lipinski definition) is 3. The highest BCUT2D eigenvalue weighted by molar-refractivity contribution is 6.30. The van der Waals surface area contributed by atoms with Crippen LogP contribution in [-0.2, 0) is 11.3 Å². The fraction of sp³-hybridized carbons (Fsp3) is 0.188. The highest BCUT2D eigenvalue weighted by Crippen LogP contribution is 2.17. The quantitative estimate of drug-likeness (QED) is 0.805. The zero-order valence-electron chi connectivity index (χ0n) is 12.0. The van der Waals surface area contributed by atoms with E-state index in [2.05, 4.69) is 15.6 Å². The van der Waals surface area contributed by atoms with E-state index in [0.717, 1.165) is 16.6 Å². The lowest BCUT2D eigenvalue weighted by molar-refractivity contribution is -0.122. The van der Waals surface area contributed by atoms with Gasteiger partial charge in [-0.05, 0) is 36.8 Å². The van der Waals surface area contributed by atoms with Gasteiger partial charge in [0.2, 0.25) is 5.91 Å². The van der Waals surface area contributed by atoms with E-state index < -0.39 is 0 Å². The monoisotopic (exact) mass is 314 g/mol. The number of halogens is 1. The van der Waals surface area contributed by atoms with E-state index in [0.29, 0.717) is 5.02 Å². The van der Waals surface area contributed by atoms with Crippen LogP contribution in [-0.4, -0.2) is 20.9 Å². The summed E-state index contributed by atoms with van der Waals surface area (Å²) in [6, 6.07) is 14.9. The van der Waals surface area contributed by atoms with Gasteiger partial charge in [-0.25, -0.2) is 4.68 Å². The van der Waals surface area contributed by atoms with Crippen LogP contribution in [0.3, 0.4) is 0 Å². The number of hydrogen-bond donors (Lipinski definition) is 1. The van der Waals surface area contributed by atoms with E-state index in [-0.39, 0.29) is 18.5 Å². The number of benzene rings is 2. The molecule has 112 valence electrons. The van der Waals surface area contributed by atoms with Crippen molar-refractivity contribution in [3.05, 3.63) is 59.1 Å². The van der Waals surface area contributed by atoms with Crippen LogP contribution < -0.4 is 5.32 Å². The topological polar surface area (TPSA) is 59.8 Å². The van der Waals surface area contributed by atoms with E-state index in [1.165, 1.54) is 0 Å². The first-order chi connectivity index (χ1) is 10.6. The minimum atomic E-state index is -0.124. The Bertz CT molecular complexity index is 815. The van der Waals surface area contributed by atoms with E-state index in [4.69, 9.17) is 11.6 Å². The number of carbonyl (C=O) groups is 1. The predicted molar refractivity (Wildman–Crippen MR) is 85.5 cm³/mol. The molecule has 3 aromatic rings. The van der Waals surface area contributed by atoms with Gasteiger partial charge in [0.1, 0.15) is 12.1 Å². The normalized spacial score (nSPS) is 12.3. The van der Waals surface area contributed by atoms with Gasteiger partial charge in [0.15, 0.2) is 0 Å². The van der Waals surface area contributed by atoms with Crippen LogP contribution in [0.15, 0.2) is 48.5 Å². The SMILES string of the molecule is CC(NC(=O)Cn1nnc2ccccc21)c1cccc(Cl)c1. The Hall–Kier alpha value is -2.40. The van der Waals surface area contributed by atoms with E-state index in [9.17, 15) is 4.79 Å². The average molecular weight is 315 g/mol. The molecule has 22 heavy (non-hydrogen) atoms. The third-order valence-corrected chi connectivity index (χ3v) is 3.67. The second-order valence-electron chi connectivity index (χ2n) is 5.08. The largest absolute Gasteiger partial charge is 0.348 e. The van der Waals surface area contributed by atoms with Crippen molar-refractivity contribution in [1.29, 1.82) is 0 Å².